The largest absolute Gasteiger partial charge is 0.386 e. The first-order valence-corrected chi connectivity index (χ1v) is 11.4. The summed E-state index contributed by atoms with van der Waals surface area (Å²) in [6, 6.07) is 2.17. The van der Waals surface area contributed by atoms with Gasteiger partial charge in [0.1, 0.15) is 11.7 Å². The molecule has 3 aliphatic rings. The molecule has 29 heavy (non-hydrogen) atoms. The van der Waals surface area contributed by atoms with E-state index in [9.17, 15) is 5.11 Å². The number of nitrogens with zero attached hydrogens (tertiary/aromatic N) is 3. The molecule has 2 aromatic heterocycles. The van der Waals surface area contributed by atoms with Crippen LogP contribution < -0.4 is 5.32 Å². The van der Waals surface area contributed by atoms with E-state index in [0.717, 1.165) is 42.1 Å². The van der Waals surface area contributed by atoms with Crippen molar-refractivity contribution in [2.45, 2.75) is 62.9 Å². The van der Waals surface area contributed by atoms with E-state index in [0.29, 0.717) is 10.9 Å². The van der Waals surface area contributed by atoms with Crippen LogP contribution in [0.1, 0.15) is 60.9 Å². The molecule has 0 aromatic carbocycles. The van der Waals surface area contributed by atoms with Crippen LogP contribution in [0.3, 0.4) is 0 Å². The molecule has 1 aliphatic carbocycles. The normalized spacial score (nSPS) is 33.0. The van der Waals surface area contributed by atoms with Crippen LogP contribution in [0.2, 0.25) is 4.34 Å². The fourth-order valence-corrected chi connectivity index (χ4v) is 6.41. The number of nitrogens with one attached hydrogen (secondary N) is 1. The van der Waals surface area contributed by atoms with Gasteiger partial charge in [-0.15, -0.1) is 16.4 Å². The zero-order valence-electron chi connectivity index (χ0n) is 16.7. The maximum Gasteiger partial charge on any atom is 0.106 e. The monoisotopic (exact) mass is 438 g/mol. The maximum atomic E-state index is 10.4. The summed E-state index contributed by atoms with van der Waals surface area (Å²) in [4.78, 5) is 1.06. The molecular formula is C20H27ClN4O3S. The molecule has 158 valence electrons. The number of methoxy groups -OCH3 is 1. The summed E-state index contributed by atoms with van der Waals surface area (Å²) in [6.07, 6.45) is 5.38. The van der Waals surface area contributed by atoms with Crippen LogP contribution in [0.5, 0.6) is 0 Å². The van der Waals surface area contributed by atoms with Gasteiger partial charge in [-0.05, 0) is 32.3 Å². The smallest absolute Gasteiger partial charge is 0.106 e. The third-order valence-corrected chi connectivity index (χ3v) is 7.96. The second-order valence-corrected chi connectivity index (χ2v) is 10.6. The number of thiophene rings is 1. The second kappa shape index (κ2) is 7.28. The highest BCUT2D eigenvalue weighted by Crippen LogP contribution is 2.52. The van der Waals surface area contributed by atoms with Crippen molar-refractivity contribution >= 4 is 22.9 Å². The molecular weight excluding hydrogens is 412 g/mol. The van der Waals surface area contributed by atoms with Gasteiger partial charge in [0.25, 0.3) is 0 Å². The molecule has 1 saturated carbocycles. The molecule has 7 nitrogen and oxygen atoms in total. The van der Waals surface area contributed by atoms with Crippen LogP contribution >= 0.6 is 22.9 Å². The highest BCUT2D eigenvalue weighted by molar-refractivity contribution is 7.16. The minimum Gasteiger partial charge on any atom is -0.386 e. The lowest BCUT2D eigenvalue weighted by molar-refractivity contribution is -0.129. The van der Waals surface area contributed by atoms with Crippen molar-refractivity contribution in [3.8, 4) is 0 Å². The molecule has 2 fully saturated rings. The summed E-state index contributed by atoms with van der Waals surface area (Å²) in [6.45, 7) is 4.07. The maximum absolute atomic E-state index is 10.4. The van der Waals surface area contributed by atoms with Gasteiger partial charge in [0.05, 0.1) is 42.0 Å². The van der Waals surface area contributed by atoms with Gasteiger partial charge in [-0.1, -0.05) is 16.8 Å². The number of fused-ring (bicyclic) bond motifs is 2. The van der Waals surface area contributed by atoms with Crippen molar-refractivity contribution in [2.24, 2.45) is 5.41 Å². The van der Waals surface area contributed by atoms with E-state index >= 15 is 0 Å². The van der Waals surface area contributed by atoms with E-state index in [1.807, 2.05) is 10.7 Å². The van der Waals surface area contributed by atoms with E-state index in [-0.39, 0.29) is 17.5 Å². The van der Waals surface area contributed by atoms with Crippen molar-refractivity contribution in [1.29, 1.82) is 0 Å². The number of hydrogen-bond acceptors (Lipinski definition) is 7. The Bertz CT molecular complexity index is 898. The average molecular weight is 439 g/mol. The summed E-state index contributed by atoms with van der Waals surface area (Å²) in [7, 11) is 1.76. The van der Waals surface area contributed by atoms with Crippen LogP contribution in [0.25, 0.3) is 0 Å². The van der Waals surface area contributed by atoms with Gasteiger partial charge in [0, 0.05) is 35.4 Å². The lowest BCUT2D eigenvalue weighted by Crippen LogP contribution is -2.50. The molecule has 1 saturated heterocycles. The third-order valence-electron chi connectivity index (χ3n) is 6.49. The quantitative estimate of drug-likeness (QED) is 0.746. The minimum absolute atomic E-state index is 0.0362. The molecule has 4 atom stereocenters. The molecule has 5 rings (SSSR count). The summed E-state index contributed by atoms with van der Waals surface area (Å²) in [5.41, 5.74) is 1.62. The van der Waals surface area contributed by atoms with E-state index in [1.54, 1.807) is 7.11 Å². The van der Waals surface area contributed by atoms with Crippen molar-refractivity contribution in [1.82, 2.24) is 20.3 Å². The summed E-state index contributed by atoms with van der Waals surface area (Å²) >= 11 is 7.83. The number of halogens is 1. The molecule has 2 aromatic rings. The number of aliphatic hydroxyl groups excluding tert-OH is 1. The Morgan fingerprint density at radius 2 is 2.28 bits per heavy atom. The van der Waals surface area contributed by atoms with Crippen molar-refractivity contribution in [3.63, 3.8) is 0 Å². The molecule has 2 N–H and O–H groups in total. The number of piperidine rings is 1. The van der Waals surface area contributed by atoms with E-state index in [2.05, 4.69) is 28.7 Å². The average Bonchev–Trinajstić information content (AvgIpc) is 3.08. The second-order valence-electron chi connectivity index (χ2n) is 8.96. The van der Waals surface area contributed by atoms with Gasteiger partial charge in [0.15, 0.2) is 0 Å². The van der Waals surface area contributed by atoms with Crippen molar-refractivity contribution in [3.05, 3.63) is 32.7 Å². The van der Waals surface area contributed by atoms with Gasteiger partial charge in [-0.2, -0.15) is 0 Å². The zero-order chi connectivity index (χ0) is 20.2. The molecule has 4 heterocycles. The third kappa shape index (κ3) is 3.64. The molecule has 0 unspecified atom stereocenters. The molecule has 9 heteroatoms. The van der Waals surface area contributed by atoms with Gasteiger partial charge < -0.3 is 19.9 Å². The first kappa shape index (κ1) is 19.9. The number of aliphatic hydroxyl groups is 1. The van der Waals surface area contributed by atoms with E-state index in [4.69, 9.17) is 21.1 Å². The topological polar surface area (TPSA) is 81.4 Å². The first-order chi connectivity index (χ1) is 13.9. The Kier molecular flexibility index (Phi) is 5.00. The Labute approximate surface area is 179 Å². The number of aromatic nitrogens is 3. The number of hydrogen-bond donors (Lipinski definition) is 2. The highest BCUT2D eigenvalue weighted by Gasteiger charge is 2.48. The van der Waals surface area contributed by atoms with Gasteiger partial charge >= 0.3 is 0 Å². The van der Waals surface area contributed by atoms with Crippen LogP contribution in [-0.4, -0.2) is 46.5 Å². The van der Waals surface area contributed by atoms with Crippen LogP contribution in [0.4, 0.5) is 0 Å². The lowest BCUT2D eigenvalue weighted by atomic mass is 9.79. The van der Waals surface area contributed by atoms with Crippen LogP contribution in [0, 0.1) is 5.41 Å². The lowest BCUT2D eigenvalue weighted by Gasteiger charge is -2.46. The minimum atomic E-state index is -0.612. The zero-order valence-corrected chi connectivity index (χ0v) is 18.3. The molecule has 0 bridgehead atoms. The predicted octanol–water partition coefficient (Wildman–Crippen LogP) is 3.19. The Balaban J connectivity index is 1.39. The Morgan fingerprint density at radius 3 is 3.03 bits per heavy atom. The number of rotatable bonds is 5. The summed E-state index contributed by atoms with van der Waals surface area (Å²) < 4.78 is 14.3. The van der Waals surface area contributed by atoms with Gasteiger partial charge in [-0.25, -0.2) is 0 Å². The SMILES string of the molecule is COCC1(Cn2cc([C@@H]3C[C@]4(C[C@H](C)N3)OC[C@@H](O)c3cc(Cl)sc34)nn2)CC1. The Morgan fingerprint density at radius 1 is 1.45 bits per heavy atom. The van der Waals surface area contributed by atoms with Crippen LogP contribution in [-0.2, 0) is 21.6 Å². The van der Waals surface area contributed by atoms with E-state index < -0.39 is 11.7 Å². The standard InChI is InChI=1S/C20H27ClN4O3S/c1-12-6-20(18-13(5-17(21)29-18)16(26)9-28-20)7-14(22-12)15-8-25(24-23-15)10-19(3-4-19)11-27-2/h5,8,12,14,16,22,26H,3-4,6-7,9-11H2,1-2H3/t12-,14-,16+,20-/m0/s1. The molecule has 0 radical (unpaired) electrons. The Hall–Kier alpha value is -1.03. The predicted molar refractivity (Wildman–Crippen MR) is 110 cm³/mol. The first-order valence-electron chi connectivity index (χ1n) is 10.2. The van der Waals surface area contributed by atoms with Gasteiger partial charge in [0.2, 0.25) is 0 Å². The van der Waals surface area contributed by atoms with Crippen molar-refractivity contribution < 1.29 is 14.6 Å². The summed E-state index contributed by atoms with van der Waals surface area (Å²) in [5, 5.41) is 22.9. The molecule has 2 aliphatic heterocycles. The molecule has 0 amide bonds. The fourth-order valence-electron chi connectivity index (χ4n) is 4.96. The molecule has 1 spiro atoms. The summed E-state index contributed by atoms with van der Waals surface area (Å²) in [5.74, 6) is 0. The van der Waals surface area contributed by atoms with Crippen LogP contribution in [0.15, 0.2) is 12.3 Å². The highest BCUT2D eigenvalue weighted by atomic mass is 35.5. The van der Waals surface area contributed by atoms with Crippen molar-refractivity contribution in [2.75, 3.05) is 20.3 Å². The van der Waals surface area contributed by atoms with Gasteiger partial charge in [-0.3, -0.25) is 4.68 Å². The number of ether oxygens (including phenoxy) is 2. The van der Waals surface area contributed by atoms with E-state index in [1.165, 1.54) is 24.2 Å². The fraction of sp³-hybridized carbons (Fsp3) is 0.700.